The van der Waals surface area contributed by atoms with Crippen molar-refractivity contribution in [2.75, 3.05) is 12.4 Å². The fourth-order valence-corrected chi connectivity index (χ4v) is 3.75. The van der Waals surface area contributed by atoms with Crippen LogP contribution in [0.1, 0.15) is 16.2 Å². The molecule has 0 fully saturated rings. The number of rotatable bonds is 4. The van der Waals surface area contributed by atoms with E-state index in [0.29, 0.717) is 21.5 Å². The van der Waals surface area contributed by atoms with Crippen LogP contribution in [0.4, 0.5) is 18.9 Å². The zero-order valence-corrected chi connectivity index (χ0v) is 17.9. The van der Waals surface area contributed by atoms with Gasteiger partial charge < -0.3 is 10.1 Å². The Labute approximate surface area is 190 Å². The number of halogens is 5. The first-order valence-corrected chi connectivity index (χ1v) is 9.93. The van der Waals surface area contributed by atoms with Gasteiger partial charge in [-0.05, 0) is 54.6 Å². The zero-order chi connectivity index (χ0) is 23.0. The molecule has 0 saturated carbocycles. The van der Waals surface area contributed by atoms with E-state index in [0.717, 1.165) is 4.57 Å². The third-order valence-corrected chi connectivity index (χ3v) is 5.06. The predicted octanol–water partition coefficient (Wildman–Crippen LogP) is 6.61. The number of ether oxygens (including phenoxy) is 1. The molecule has 0 saturated heterocycles. The number of carbonyl (C=O) groups excluding carboxylic acids is 1. The number of anilines is 1. The number of methoxy groups -OCH3 is 1. The molecule has 0 atom stereocenters. The molecule has 164 valence electrons. The van der Waals surface area contributed by atoms with Gasteiger partial charge in [0.15, 0.2) is 0 Å². The normalized spacial score (nSPS) is 11.6. The number of aromatic nitrogens is 2. The molecular formula is C22H14Cl2F3N3O2. The van der Waals surface area contributed by atoms with Gasteiger partial charge in [-0.2, -0.15) is 13.2 Å². The minimum absolute atomic E-state index is 0.145. The lowest BCUT2D eigenvalue weighted by molar-refractivity contribution is -0.145. The number of benzene rings is 3. The highest BCUT2D eigenvalue weighted by atomic mass is 35.5. The van der Waals surface area contributed by atoms with Crippen molar-refractivity contribution in [1.29, 1.82) is 0 Å². The Morgan fingerprint density at radius 1 is 1.00 bits per heavy atom. The molecule has 1 amide bonds. The van der Waals surface area contributed by atoms with E-state index in [4.69, 9.17) is 27.9 Å². The summed E-state index contributed by atoms with van der Waals surface area (Å²) in [5, 5.41) is 3.28. The second-order valence-electron chi connectivity index (χ2n) is 6.78. The lowest BCUT2D eigenvalue weighted by Crippen LogP contribution is -2.14. The molecule has 4 rings (SSSR count). The van der Waals surface area contributed by atoms with Crippen LogP contribution in [0.15, 0.2) is 60.7 Å². The molecule has 1 heterocycles. The minimum Gasteiger partial charge on any atom is -0.497 e. The van der Waals surface area contributed by atoms with Gasteiger partial charge in [0.05, 0.1) is 18.1 Å². The van der Waals surface area contributed by atoms with Crippen LogP contribution >= 0.6 is 23.2 Å². The number of alkyl halides is 3. The van der Waals surface area contributed by atoms with Crippen molar-refractivity contribution in [1.82, 2.24) is 9.55 Å². The second-order valence-corrected chi connectivity index (χ2v) is 7.66. The maximum absolute atomic E-state index is 13.7. The standard InChI is InChI=1S/C22H14Cl2F3N3O2/c1-32-17-6-7-19-18(11-17)29-21(22(25,26)27)30(19)16-4-2-15(3-5-16)28-20(31)12-8-13(23)10-14(24)9-12/h2-11H,1H3,(H,28,31). The first-order chi connectivity index (χ1) is 15.2. The Bertz CT molecular complexity index is 1300. The second kappa shape index (κ2) is 8.37. The Kier molecular flexibility index (Phi) is 5.75. The number of amides is 1. The van der Waals surface area contributed by atoms with Crippen molar-refractivity contribution in [3.8, 4) is 11.4 Å². The van der Waals surface area contributed by atoms with Gasteiger partial charge in [-0.25, -0.2) is 4.98 Å². The van der Waals surface area contributed by atoms with Crippen LogP contribution < -0.4 is 10.1 Å². The molecule has 1 aromatic heterocycles. The van der Waals surface area contributed by atoms with Gasteiger partial charge in [-0.1, -0.05) is 23.2 Å². The molecular weight excluding hydrogens is 466 g/mol. The van der Waals surface area contributed by atoms with Crippen molar-refractivity contribution in [3.63, 3.8) is 0 Å². The highest BCUT2D eigenvalue weighted by molar-refractivity contribution is 6.35. The molecule has 5 nitrogen and oxygen atoms in total. The molecule has 0 bridgehead atoms. The zero-order valence-electron chi connectivity index (χ0n) is 16.4. The quantitative estimate of drug-likeness (QED) is 0.358. The van der Waals surface area contributed by atoms with Crippen molar-refractivity contribution >= 4 is 45.8 Å². The van der Waals surface area contributed by atoms with Gasteiger partial charge in [0.25, 0.3) is 5.91 Å². The third kappa shape index (κ3) is 4.37. The number of imidazole rings is 1. The van der Waals surface area contributed by atoms with Gasteiger partial charge in [0, 0.05) is 33.0 Å². The summed E-state index contributed by atoms with van der Waals surface area (Å²) in [5.41, 5.74) is 1.28. The summed E-state index contributed by atoms with van der Waals surface area (Å²) in [6, 6.07) is 14.8. The van der Waals surface area contributed by atoms with Crippen LogP contribution in [0, 0.1) is 0 Å². The van der Waals surface area contributed by atoms with E-state index >= 15 is 0 Å². The highest BCUT2D eigenvalue weighted by Crippen LogP contribution is 2.35. The van der Waals surface area contributed by atoms with Crippen LogP contribution in [0.3, 0.4) is 0 Å². The number of nitrogens with zero attached hydrogens (tertiary/aromatic N) is 2. The summed E-state index contributed by atoms with van der Waals surface area (Å²) in [5.74, 6) is -1.13. The van der Waals surface area contributed by atoms with Gasteiger partial charge in [-0.15, -0.1) is 0 Å². The summed E-state index contributed by atoms with van der Waals surface area (Å²) < 4.78 is 47.1. The number of fused-ring (bicyclic) bond motifs is 1. The minimum atomic E-state index is -4.68. The molecule has 10 heteroatoms. The van der Waals surface area contributed by atoms with Crippen molar-refractivity contribution in [2.24, 2.45) is 0 Å². The first kappa shape index (κ1) is 22.0. The number of carbonyl (C=O) groups is 1. The number of hydrogen-bond acceptors (Lipinski definition) is 3. The maximum Gasteiger partial charge on any atom is 0.450 e. The molecule has 0 aliphatic heterocycles. The van der Waals surface area contributed by atoms with E-state index in [1.807, 2.05) is 0 Å². The Morgan fingerprint density at radius 2 is 1.66 bits per heavy atom. The molecule has 32 heavy (non-hydrogen) atoms. The summed E-state index contributed by atoms with van der Waals surface area (Å²) in [4.78, 5) is 16.2. The largest absolute Gasteiger partial charge is 0.497 e. The molecule has 0 aliphatic carbocycles. The van der Waals surface area contributed by atoms with Crippen LogP contribution in [0.5, 0.6) is 5.75 Å². The van der Waals surface area contributed by atoms with Crippen LogP contribution in [0.2, 0.25) is 10.0 Å². The SMILES string of the molecule is COc1ccc2c(c1)nc(C(F)(F)F)n2-c1ccc(NC(=O)c2cc(Cl)cc(Cl)c2)cc1. The number of hydrogen-bond donors (Lipinski definition) is 1. The Balaban J connectivity index is 1.69. The van der Waals surface area contributed by atoms with Crippen molar-refractivity contribution in [3.05, 3.63) is 82.1 Å². The van der Waals surface area contributed by atoms with Crippen molar-refractivity contribution in [2.45, 2.75) is 6.18 Å². The monoisotopic (exact) mass is 479 g/mol. The fraction of sp³-hybridized carbons (Fsp3) is 0.0909. The lowest BCUT2D eigenvalue weighted by Gasteiger charge is -2.13. The Hall–Kier alpha value is -3.23. The molecule has 3 aromatic carbocycles. The smallest absolute Gasteiger partial charge is 0.450 e. The van der Waals surface area contributed by atoms with Gasteiger partial charge in [0.2, 0.25) is 5.82 Å². The molecule has 0 radical (unpaired) electrons. The lowest BCUT2D eigenvalue weighted by atomic mass is 10.2. The number of nitrogens with one attached hydrogen (secondary N) is 1. The van der Waals surface area contributed by atoms with Gasteiger partial charge in [-0.3, -0.25) is 9.36 Å². The fourth-order valence-electron chi connectivity index (χ4n) is 3.22. The summed E-state index contributed by atoms with van der Waals surface area (Å²) in [7, 11) is 1.42. The van der Waals surface area contributed by atoms with Crippen LogP contribution in [-0.2, 0) is 6.18 Å². The summed E-state index contributed by atoms with van der Waals surface area (Å²) >= 11 is 11.8. The van der Waals surface area contributed by atoms with Gasteiger partial charge in [0.1, 0.15) is 5.75 Å². The van der Waals surface area contributed by atoms with E-state index < -0.39 is 17.9 Å². The topological polar surface area (TPSA) is 56.1 Å². The first-order valence-electron chi connectivity index (χ1n) is 9.17. The van der Waals surface area contributed by atoms with Gasteiger partial charge >= 0.3 is 6.18 Å². The molecule has 4 aromatic rings. The van der Waals surface area contributed by atoms with Crippen LogP contribution in [-0.4, -0.2) is 22.6 Å². The Morgan fingerprint density at radius 3 is 2.25 bits per heavy atom. The van der Waals surface area contributed by atoms with E-state index in [1.165, 1.54) is 61.7 Å². The van der Waals surface area contributed by atoms with Crippen LogP contribution in [0.25, 0.3) is 16.7 Å². The van der Waals surface area contributed by atoms with E-state index in [2.05, 4.69) is 10.3 Å². The predicted molar refractivity (Wildman–Crippen MR) is 117 cm³/mol. The third-order valence-electron chi connectivity index (χ3n) is 4.62. The van der Waals surface area contributed by atoms with E-state index in [1.54, 1.807) is 6.07 Å². The molecule has 0 aliphatic rings. The summed E-state index contributed by atoms with van der Waals surface area (Å²) in [6.07, 6.45) is -4.68. The molecule has 0 spiro atoms. The maximum atomic E-state index is 13.7. The average Bonchev–Trinajstić information content (AvgIpc) is 3.13. The molecule has 1 N–H and O–H groups in total. The van der Waals surface area contributed by atoms with E-state index in [-0.39, 0.29) is 22.3 Å². The highest BCUT2D eigenvalue weighted by Gasteiger charge is 2.38. The van der Waals surface area contributed by atoms with Crippen molar-refractivity contribution < 1.29 is 22.7 Å². The van der Waals surface area contributed by atoms with E-state index in [9.17, 15) is 18.0 Å². The molecule has 0 unspecified atom stereocenters. The average molecular weight is 480 g/mol. The summed E-state index contributed by atoms with van der Waals surface area (Å²) in [6.45, 7) is 0.